The van der Waals surface area contributed by atoms with Crippen LogP contribution in [0.1, 0.15) is 26.7 Å². The number of aliphatic hydroxyl groups excluding tert-OH is 1. The smallest absolute Gasteiger partial charge is 0.341 e. The van der Waals surface area contributed by atoms with Crippen molar-refractivity contribution in [1.82, 2.24) is 4.90 Å². The van der Waals surface area contributed by atoms with Gasteiger partial charge in [0.05, 0.1) is 18.0 Å². The number of hydrogen-bond acceptors (Lipinski definition) is 8. The molecule has 8 nitrogen and oxygen atoms in total. The maximum absolute atomic E-state index is 12.8. The minimum atomic E-state index is -2.27. The molecule has 0 saturated carbocycles. The predicted molar refractivity (Wildman–Crippen MR) is 95.0 cm³/mol. The fraction of sp³-hybridized carbons (Fsp3) is 0.778. The normalized spacial score (nSPS) is 41.7. The lowest BCUT2D eigenvalue weighted by atomic mass is 9.79. The SMILES string of the molecule is C[C@@H]1C[C@](O)([C@@H](C)Cl)C(=O)O[C@@H]2CCN3CC=C(COC(=O)[C@]1(O)CO)[C@H]23. The lowest BCUT2D eigenvalue weighted by molar-refractivity contribution is -0.188. The summed E-state index contributed by atoms with van der Waals surface area (Å²) < 4.78 is 10.9. The van der Waals surface area contributed by atoms with E-state index < -0.39 is 47.1 Å². The molecule has 3 N–H and O–H groups in total. The van der Waals surface area contributed by atoms with Crippen molar-refractivity contribution in [3.8, 4) is 0 Å². The Balaban J connectivity index is 1.98. The van der Waals surface area contributed by atoms with Gasteiger partial charge < -0.3 is 24.8 Å². The molecule has 3 rings (SSSR count). The van der Waals surface area contributed by atoms with Crippen molar-refractivity contribution in [3.05, 3.63) is 11.6 Å². The maximum atomic E-state index is 12.8. The van der Waals surface area contributed by atoms with Gasteiger partial charge in [0.25, 0.3) is 0 Å². The Hall–Kier alpha value is -1.19. The van der Waals surface area contributed by atoms with Crippen molar-refractivity contribution in [2.75, 3.05) is 26.3 Å². The third-order valence-corrected chi connectivity index (χ3v) is 6.44. The average Bonchev–Trinajstić information content (AvgIpc) is 3.20. The Morgan fingerprint density at radius 2 is 2.07 bits per heavy atom. The zero-order chi connectivity index (χ0) is 20.0. The lowest BCUT2D eigenvalue weighted by Gasteiger charge is -2.38. The molecule has 0 spiro atoms. The van der Waals surface area contributed by atoms with Gasteiger partial charge in [-0.2, -0.15) is 0 Å². The van der Waals surface area contributed by atoms with Gasteiger partial charge in [-0.3, -0.25) is 4.90 Å². The second-order valence-electron chi connectivity index (χ2n) is 7.76. The predicted octanol–water partition coefficient (Wildman–Crippen LogP) is -0.423. The number of aliphatic hydroxyl groups is 3. The highest BCUT2D eigenvalue weighted by Gasteiger charge is 2.53. The van der Waals surface area contributed by atoms with Gasteiger partial charge in [-0.25, -0.2) is 9.59 Å². The monoisotopic (exact) mass is 403 g/mol. The third-order valence-electron chi connectivity index (χ3n) is 6.08. The summed E-state index contributed by atoms with van der Waals surface area (Å²) in [4.78, 5) is 27.5. The molecule has 0 unspecified atom stereocenters. The van der Waals surface area contributed by atoms with E-state index in [0.717, 1.165) is 5.57 Å². The zero-order valence-electron chi connectivity index (χ0n) is 15.4. The summed E-state index contributed by atoms with van der Waals surface area (Å²) in [6.07, 6.45) is 1.66. The van der Waals surface area contributed by atoms with Crippen LogP contribution in [0.2, 0.25) is 0 Å². The molecule has 0 amide bonds. The number of cyclic esters (lactones) is 1. The number of rotatable bonds is 2. The Bertz CT molecular complexity index is 654. The van der Waals surface area contributed by atoms with E-state index in [-0.39, 0.29) is 19.1 Å². The molecule has 2 fully saturated rings. The number of ether oxygens (including phenoxy) is 2. The Kier molecular flexibility index (Phi) is 5.58. The zero-order valence-corrected chi connectivity index (χ0v) is 16.2. The highest BCUT2D eigenvalue weighted by Crippen LogP contribution is 2.37. The van der Waals surface area contributed by atoms with Gasteiger partial charge in [0.1, 0.15) is 12.7 Å². The molecule has 152 valence electrons. The van der Waals surface area contributed by atoms with Gasteiger partial charge in [-0.15, -0.1) is 11.6 Å². The minimum Gasteiger partial charge on any atom is -0.459 e. The van der Waals surface area contributed by atoms with Gasteiger partial charge in [-0.05, 0) is 25.3 Å². The quantitative estimate of drug-likeness (QED) is 0.323. The number of alkyl halides is 1. The summed E-state index contributed by atoms with van der Waals surface area (Å²) in [7, 11) is 0. The van der Waals surface area contributed by atoms with Gasteiger partial charge in [-0.1, -0.05) is 13.0 Å². The molecule has 0 aromatic heterocycles. The third kappa shape index (κ3) is 3.38. The van der Waals surface area contributed by atoms with Crippen LogP contribution in [-0.4, -0.2) is 87.2 Å². The average molecular weight is 404 g/mol. The van der Waals surface area contributed by atoms with E-state index in [1.165, 1.54) is 13.8 Å². The number of halogens is 1. The van der Waals surface area contributed by atoms with Crippen LogP contribution in [0.5, 0.6) is 0 Å². The molecule has 0 bridgehead atoms. The molecular formula is C18H26ClNO7. The summed E-state index contributed by atoms with van der Waals surface area (Å²) in [5.41, 5.74) is -3.62. The standard InChI is InChI=1S/C18H26ClNO7/c1-10-7-17(24,11(2)19)16(23)27-13-4-6-20-5-3-12(14(13)20)8-26-15(22)18(10,25)9-21/h3,10-11,13-14,21,24-25H,4-9H2,1-2H3/t10-,11-,13-,14-,17+,18+/m1/s1. The largest absolute Gasteiger partial charge is 0.459 e. The van der Waals surface area contributed by atoms with E-state index in [1.807, 2.05) is 6.08 Å². The van der Waals surface area contributed by atoms with Gasteiger partial charge >= 0.3 is 11.9 Å². The first-order valence-electron chi connectivity index (χ1n) is 9.14. The van der Waals surface area contributed by atoms with Crippen LogP contribution >= 0.6 is 11.6 Å². The molecule has 9 heteroatoms. The number of carbonyl (C=O) groups excluding carboxylic acids is 2. The molecule has 0 aliphatic carbocycles. The number of esters is 2. The number of carbonyl (C=O) groups is 2. The van der Waals surface area contributed by atoms with E-state index in [0.29, 0.717) is 19.5 Å². The highest BCUT2D eigenvalue weighted by molar-refractivity contribution is 6.22. The van der Waals surface area contributed by atoms with Crippen molar-refractivity contribution < 1.29 is 34.4 Å². The molecule has 3 aliphatic rings. The van der Waals surface area contributed by atoms with E-state index in [9.17, 15) is 24.9 Å². The van der Waals surface area contributed by atoms with E-state index in [1.54, 1.807) is 0 Å². The molecular weight excluding hydrogens is 378 g/mol. The number of hydrogen-bond donors (Lipinski definition) is 3. The van der Waals surface area contributed by atoms with Crippen LogP contribution in [0.25, 0.3) is 0 Å². The van der Waals surface area contributed by atoms with Crippen LogP contribution in [0, 0.1) is 5.92 Å². The van der Waals surface area contributed by atoms with Crippen molar-refractivity contribution in [1.29, 1.82) is 0 Å². The Morgan fingerprint density at radius 3 is 2.70 bits per heavy atom. The van der Waals surface area contributed by atoms with E-state index >= 15 is 0 Å². The Morgan fingerprint density at radius 1 is 1.37 bits per heavy atom. The van der Waals surface area contributed by atoms with Crippen LogP contribution in [0.15, 0.2) is 11.6 Å². The maximum Gasteiger partial charge on any atom is 0.341 e. The van der Waals surface area contributed by atoms with Gasteiger partial charge in [0.2, 0.25) is 0 Å². The van der Waals surface area contributed by atoms with Crippen molar-refractivity contribution in [2.24, 2.45) is 5.92 Å². The fourth-order valence-electron chi connectivity index (χ4n) is 4.10. The fourth-order valence-corrected chi connectivity index (χ4v) is 4.28. The first-order valence-corrected chi connectivity index (χ1v) is 9.58. The molecule has 3 heterocycles. The molecule has 6 atom stereocenters. The van der Waals surface area contributed by atoms with Gasteiger partial charge in [0, 0.05) is 19.0 Å². The van der Waals surface area contributed by atoms with Crippen molar-refractivity contribution in [2.45, 2.75) is 55.4 Å². The van der Waals surface area contributed by atoms with Crippen LogP contribution in [-0.2, 0) is 19.1 Å². The van der Waals surface area contributed by atoms with E-state index in [4.69, 9.17) is 21.1 Å². The molecule has 0 aromatic rings. The summed E-state index contributed by atoms with van der Waals surface area (Å²) in [6, 6.07) is -0.240. The molecule has 2 saturated heterocycles. The topological polar surface area (TPSA) is 117 Å². The van der Waals surface area contributed by atoms with Crippen LogP contribution in [0.3, 0.4) is 0 Å². The second kappa shape index (κ2) is 7.33. The van der Waals surface area contributed by atoms with E-state index in [2.05, 4.69) is 4.90 Å². The molecule has 0 aromatic carbocycles. The first-order chi connectivity index (χ1) is 12.6. The first kappa shape index (κ1) is 20.5. The summed E-state index contributed by atoms with van der Waals surface area (Å²) in [5.74, 6) is -2.89. The summed E-state index contributed by atoms with van der Waals surface area (Å²) >= 11 is 6.10. The molecule has 0 radical (unpaired) electrons. The minimum absolute atomic E-state index is 0.0563. The molecule has 3 aliphatic heterocycles. The highest BCUT2D eigenvalue weighted by atomic mass is 35.5. The van der Waals surface area contributed by atoms with Crippen molar-refractivity contribution >= 4 is 23.5 Å². The summed E-state index contributed by atoms with van der Waals surface area (Å²) in [6.45, 7) is 3.27. The Labute approximate surface area is 162 Å². The van der Waals surface area contributed by atoms with Crippen molar-refractivity contribution in [3.63, 3.8) is 0 Å². The summed E-state index contributed by atoms with van der Waals surface area (Å²) in [5, 5.41) is 30.3. The van der Waals surface area contributed by atoms with Crippen LogP contribution < -0.4 is 0 Å². The second-order valence-corrected chi connectivity index (χ2v) is 8.41. The molecule has 27 heavy (non-hydrogen) atoms. The van der Waals surface area contributed by atoms with Crippen LogP contribution in [0.4, 0.5) is 0 Å². The number of nitrogens with zero attached hydrogens (tertiary/aromatic N) is 1. The van der Waals surface area contributed by atoms with Gasteiger partial charge in [0.15, 0.2) is 11.2 Å². The lowest BCUT2D eigenvalue weighted by Crippen LogP contribution is -2.57.